The molecule has 2 aliphatic rings. The summed E-state index contributed by atoms with van der Waals surface area (Å²) in [6.07, 6.45) is 2.52. The largest absolute Gasteiger partial charge is 0.353 e. The Morgan fingerprint density at radius 2 is 0.871 bits per heavy atom. The van der Waals surface area contributed by atoms with Crippen molar-refractivity contribution in [2.45, 2.75) is 22.6 Å². The Morgan fingerprint density at radius 3 is 1.19 bits per heavy atom. The lowest BCUT2D eigenvalue weighted by Gasteiger charge is -2.26. The monoisotopic (exact) mass is 512 g/mol. The van der Waals surface area contributed by atoms with Crippen LogP contribution in [0.1, 0.15) is 12.8 Å². The van der Waals surface area contributed by atoms with E-state index in [0.29, 0.717) is 9.79 Å². The van der Waals surface area contributed by atoms with Gasteiger partial charge in [0, 0.05) is 11.4 Å². The number of thioether (sulfide) groups is 4. The van der Waals surface area contributed by atoms with Gasteiger partial charge in [0.2, 0.25) is 9.84 Å². The fourth-order valence-electron chi connectivity index (χ4n) is 3.41. The first kappa shape index (κ1) is 23.5. The topological polar surface area (TPSA) is 40.6 Å². The first-order chi connectivity index (χ1) is 15.1. The van der Waals surface area contributed by atoms with Crippen molar-refractivity contribution in [2.75, 3.05) is 56.3 Å². The van der Waals surface area contributed by atoms with E-state index >= 15 is 0 Å². The zero-order chi connectivity index (χ0) is 21.5. The molecule has 2 fully saturated rings. The second-order valence-electron chi connectivity index (χ2n) is 7.43. The molecule has 2 aromatic carbocycles. The lowest BCUT2D eigenvalue weighted by molar-refractivity contribution is 0.596. The summed E-state index contributed by atoms with van der Waals surface area (Å²) < 4.78 is 26.3. The van der Waals surface area contributed by atoms with E-state index in [1.54, 1.807) is 24.3 Å². The van der Waals surface area contributed by atoms with E-state index in [1.165, 1.54) is 35.9 Å². The van der Waals surface area contributed by atoms with Crippen molar-refractivity contribution >= 4 is 68.3 Å². The highest BCUT2D eigenvalue weighted by Gasteiger charge is 2.19. The fourth-order valence-corrected chi connectivity index (χ4v) is 9.02. The van der Waals surface area contributed by atoms with Crippen LogP contribution in [-0.2, 0) is 9.84 Å². The minimum atomic E-state index is -3.52. The zero-order valence-electron chi connectivity index (χ0n) is 17.4. The molecule has 0 atom stereocenters. The summed E-state index contributed by atoms with van der Waals surface area (Å²) >= 11 is 7.77. The molecule has 0 saturated carbocycles. The zero-order valence-corrected chi connectivity index (χ0v) is 21.5. The third kappa shape index (κ3) is 6.25. The molecule has 2 aliphatic heterocycles. The molecule has 0 aromatic heterocycles. The Balaban J connectivity index is 1.47. The first-order valence-corrected chi connectivity index (χ1v) is 16.5. The van der Waals surface area contributed by atoms with Crippen LogP contribution in [0, 0.1) is 0 Å². The van der Waals surface area contributed by atoms with Gasteiger partial charge in [-0.15, -0.1) is 47.0 Å². The quantitative estimate of drug-likeness (QED) is 0.517. The maximum Gasteiger partial charge on any atom is 0.206 e. The van der Waals surface area contributed by atoms with E-state index < -0.39 is 9.84 Å². The molecule has 9 heteroatoms. The van der Waals surface area contributed by atoms with Crippen LogP contribution in [0.5, 0.6) is 0 Å². The van der Waals surface area contributed by atoms with Crippen LogP contribution in [0.3, 0.4) is 0 Å². The normalized spacial score (nSPS) is 19.2. The molecule has 31 heavy (non-hydrogen) atoms. The summed E-state index contributed by atoms with van der Waals surface area (Å²) in [4.78, 5) is 5.35. The van der Waals surface area contributed by atoms with Gasteiger partial charge in [0.05, 0.1) is 33.3 Å². The smallest absolute Gasteiger partial charge is 0.206 e. The van der Waals surface area contributed by atoms with Gasteiger partial charge in [-0.2, -0.15) is 0 Å². The second kappa shape index (κ2) is 11.5. The summed E-state index contributed by atoms with van der Waals surface area (Å²) in [7, 11) is -3.52. The summed E-state index contributed by atoms with van der Waals surface area (Å²) in [6, 6.07) is 14.8. The van der Waals surface area contributed by atoms with Crippen LogP contribution < -0.4 is 9.80 Å². The number of anilines is 2. The van der Waals surface area contributed by atoms with Crippen LogP contribution in [0.2, 0.25) is 0 Å². The van der Waals surface area contributed by atoms with Crippen molar-refractivity contribution in [3.63, 3.8) is 0 Å². The molecule has 0 N–H and O–H groups in total. The molecule has 0 aliphatic carbocycles. The predicted molar refractivity (Wildman–Crippen MR) is 142 cm³/mol. The van der Waals surface area contributed by atoms with Gasteiger partial charge < -0.3 is 9.80 Å². The molecular weight excluding hydrogens is 485 g/mol. The third-order valence-electron chi connectivity index (χ3n) is 5.17. The van der Waals surface area contributed by atoms with Gasteiger partial charge in [-0.3, -0.25) is 0 Å². The molecule has 4 rings (SSSR count). The van der Waals surface area contributed by atoms with Crippen LogP contribution in [0.4, 0.5) is 11.4 Å². The Kier molecular flexibility index (Phi) is 8.73. The van der Waals surface area contributed by atoms with Gasteiger partial charge in [-0.25, -0.2) is 8.42 Å². The van der Waals surface area contributed by atoms with E-state index in [9.17, 15) is 8.42 Å². The molecule has 0 unspecified atom stereocenters. The van der Waals surface area contributed by atoms with Crippen molar-refractivity contribution < 1.29 is 8.42 Å². The van der Waals surface area contributed by atoms with Crippen molar-refractivity contribution in [3.05, 3.63) is 48.5 Å². The second-order valence-corrected chi connectivity index (χ2v) is 13.7. The van der Waals surface area contributed by atoms with Crippen molar-refractivity contribution in [1.29, 1.82) is 0 Å². The molecule has 0 amide bonds. The van der Waals surface area contributed by atoms with Crippen LogP contribution >= 0.6 is 47.0 Å². The van der Waals surface area contributed by atoms with Gasteiger partial charge in [0.25, 0.3) is 0 Å². The summed E-state index contributed by atoms with van der Waals surface area (Å²) in [5.74, 6) is 8.53. The van der Waals surface area contributed by atoms with Gasteiger partial charge >= 0.3 is 0 Å². The average Bonchev–Trinajstić information content (AvgIpc) is 2.74. The molecular formula is C22H28N2O2S5. The van der Waals surface area contributed by atoms with Crippen LogP contribution in [-0.4, -0.2) is 54.9 Å². The Labute approximate surface area is 203 Å². The van der Waals surface area contributed by atoms with Crippen molar-refractivity contribution in [2.24, 2.45) is 0 Å². The Morgan fingerprint density at radius 1 is 0.548 bits per heavy atom. The van der Waals surface area contributed by atoms with Crippen molar-refractivity contribution in [1.82, 2.24) is 0 Å². The fraction of sp³-hybridized carbons (Fsp3) is 0.455. The van der Waals surface area contributed by atoms with E-state index in [4.69, 9.17) is 0 Å². The third-order valence-corrected chi connectivity index (χ3v) is 11.2. The number of hydrogen-bond donors (Lipinski definition) is 0. The molecule has 168 valence electrons. The summed E-state index contributed by atoms with van der Waals surface area (Å²) in [6.45, 7) is 0. The van der Waals surface area contributed by atoms with E-state index in [0.717, 1.165) is 34.9 Å². The Hall–Kier alpha value is -0.610. The highest BCUT2D eigenvalue weighted by molar-refractivity contribution is 8.01. The van der Waals surface area contributed by atoms with Gasteiger partial charge in [-0.05, 0) is 84.4 Å². The van der Waals surface area contributed by atoms with Gasteiger partial charge in [-0.1, -0.05) is 0 Å². The summed E-state index contributed by atoms with van der Waals surface area (Å²) in [5.41, 5.74) is 2.17. The van der Waals surface area contributed by atoms with Crippen molar-refractivity contribution in [3.8, 4) is 0 Å². The van der Waals surface area contributed by atoms with E-state index in [-0.39, 0.29) is 0 Å². The van der Waals surface area contributed by atoms with Gasteiger partial charge in [0.1, 0.15) is 0 Å². The number of rotatable bonds is 4. The van der Waals surface area contributed by atoms with E-state index in [2.05, 4.69) is 9.80 Å². The lowest BCUT2D eigenvalue weighted by atomic mass is 10.3. The molecule has 0 radical (unpaired) electrons. The minimum Gasteiger partial charge on any atom is -0.353 e. The highest BCUT2D eigenvalue weighted by atomic mass is 32.2. The molecule has 2 heterocycles. The first-order valence-electron chi connectivity index (χ1n) is 10.4. The van der Waals surface area contributed by atoms with Gasteiger partial charge in [0.15, 0.2) is 0 Å². The highest BCUT2D eigenvalue weighted by Crippen LogP contribution is 2.29. The SMILES string of the molecule is O=S(=O)(c1ccc(N2CSCCCSC2)cc1)c1ccc(N2CSCCCSC2)cc1. The number of nitrogens with zero attached hydrogens (tertiary/aromatic N) is 2. The Bertz CT molecular complexity index is 848. The van der Waals surface area contributed by atoms with Crippen LogP contribution in [0.25, 0.3) is 0 Å². The molecule has 2 saturated heterocycles. The summed E-state index contributed by atoms with van der Waals surface area (Å²) in [5, 5.41) is 0. The standard InChI is InChI=1S/C22H28N2O2S5/c25-31(26,21-7-3-19(4-8-21)23-15-27-11-1-12-28-16-23)22-9-5-20(6-10-22)24-17-29-13-2-14-30-18-24/h3-10H,1-2,11-18H2. The number of sulfone groups is 1. The molecule has 4 nitrogen and oxygen atoms in total. The maximum absolute atomic E-state index is 13.2. The molecule has 2 aromatic rings. The maximum atomic E-state index is 13.2. The van der Waals surface area contributed by atoms with Crippen LogP contribution in [0.15, 0.2) is 58.3 Å². The minimum absolute atomic E-state index is 0.355. The number of hydrogen-bond acceptors (Lipinski definition) is 8. The lowest BCUT2D eigenvalue weighted by Crippen LogP contribution is -2.24. The molecule has 0 bridgehead atoms. The average molecular weight is 513 g/mol. The number of benzene rings is 2. The predicted octanol–water partition coefficient (Wildman–Crippen LogP) is 5.70. The van der Waals surface area contributed by atoms with E-state index in [1.807, 2.05) is 71.3 Å². The molecule has 0 spiro atoms.